The highest BCUT2D eigenvalue weighted by Gasteiger charge is 2.22. The molecule has 0 aliphatic heterocycles. The molecule has 112 valence electrons. The van der Waals surface area contributed by atoms with Crippen molar-refractivity contribution in [2.45, 2.75) is 32.0 Å². The van der Waals surface area contributed by atoms with E-state index in [1.807, 2.05) is 6.07 Å². The van der Waals surface area contributed by atoms with Gasteiger partial charge >= 0.3 is 0 Å². The van der Waals surface area contributed by atoms with Crippen molar-refractivity contribution in [3.05, 3.63) is 34.9 Å². The third-order valence-electron chi connectivity index (χ3n) is 3.23. The number of hydrogen-bond donors (Lipinski definition) is 1. The zero-order valence-corrected chi connectivity index (χ0v) is 12.4. The molecule has 1 heterocycles. The standard InChI is InChI=1S/C14H16ClN3O3/c1-19-12-5-10(15)4-9(6-16-11-2-3-11)14(12)20-7-13-17-8-21-18-13/h4-5,8,11,16H,2-3,6-7H2,1H3. The van der Waals surface area contributed by atoms with Crippen LogP contribution in [0.3, 0.4) is 0 Å². The summed E-state index contributed by atoms with van der Waals surface area (Å²) in [5, 5.41) is 7.78. The second-order valence-electron chi connectivity index (χ2n) is 4.89. The Labute approximate surface area is 127 Å². The van der Waals surface area contributed by atoms with Crippen LogP contribution in [0.4, 0.5) is 0 Å². The number of nitrogens with zero attached hydrogens (tertiary/aromatic N) is 2. The predicted octanol–water partition coefficient (Wildman–Crippen LogP) is 2.56. The van der Waals surface area contributed by atoms with Crippen molar-refractivity contribution in [2.75, 3.05) is 7.11 Å². The average Bonchev–Trinajstić information content (AvgIpc) is 3.17. The first-order valence-electron chi connectivity index (χ1n) is 6.74. The zero-order valence-electron chi connectivity index (χ0n) is 11.6. The Morgan fingerprint density at radius 3 is 2.95 bits per heavy atom. The number of halogens is 1. The fourth-order valence-electron chi connectivity index (χ4n) is 2.00. The van der Waals surface area contributed by atoms with Gasteiger partial charge in [0.25, 0.3) is 0 Å². The van der Waals surface area contributed by atoms with Crippen molar-refractivity contribution in [1.82, 2.24) is 15.5 Å². The first kappa shape index (κ1) is 14.2. The van der Waals surface area contributed by atoms with Gasteiger partial charge in [-0.3, -0.25) is 0 Å². The van der Waals surface area contributed by atoms with Crippen LogP contribution in [0.5, 0.6) is 11.5 Å². The molecule has 1 saturated carbocycles. The maximum atomic E-state index is 6.13. The van der Waals surface area contributed by atoms with E-state index in [4.69, 9.17) is 25.6 Å². The molecule has 2 aromatic rings. The molecule has 0 radical (unpaired) electrons. The lowest BCUT2D eigenvalue weighted by Crippen LogP contribution is -2.16. The number of benzene rings is 1. The van der Waals surface area contributed by atoms with E-state index in [0.29, 0.717) is 34.9 Å². The van der Waals surface area contributed by atoms with Crippen LogP contribution in [0.2, 0.25) is 5.02 Å². The molecule has 21 heavy (non-hydrogen) atoms. The van der Waals surface area contributed by atoms with Crippen LogP contribution in [0.15, 0.2) is 23.0 Å². The SMILES string of the molecule is COc1cc(Cl)cc(CNC2CC2)c1OCc1ncon1. The van der Waals surface area contributed by atoms with E-state index in [9.17, 15) is 0 Å². The number of rotatable bonds is 7. The van der Waals surface area contributed by atoms with Crippen LogP contribution in [-0.4, -0.2) is 23.3 Å². The van der Waals surface area contributed by atoms with E-state index >= 15 is 0 Å². The van der Waals surface area contributed by atoms with Gasteiger partial charge in [0.2, 0.25) is 12.2 Å². The summed E-state index contributed by atoms with van der Waals surface area (Å²) >= 11 is 6.13. The predicted molar refractivity (Wildman–Crippen MR) is 76.5 cm³/mol. The molecular formula is C14H16ClN3O3. The molecule has 1 aliphatic carbocycles. The Bertz CT molecular complexity index is 600. The molecule has 1 aliphatic rings. The number of hydrogen-bond acceptors (Lipinski definition) is 6. The molecule has 1 N–H and O–H groups in total. The molecule has 0 amide bonds. The summed E-state index contributed by atoms with van der Waals surface area (Å²) in [6.07, 6.45) is 3.71. The summed E-state index contributed by atoms with van der Waals surface area (Å²) in [6, 6.07) is 4.21. The van der Waals surface area contributed by atoms with Crippen LogP contribution in [0.1, 0.15) is 24.2 Å². The average molecular weight is 310 g/mol. The van der Waals surface area contributed by atoms with Gasteiger partial charge in [0.15, 0.2) is 18.1 Å². The van der Waals surface area contributed by atoms with E-state index in [-0.39, 0.29) is 6.61 Å². The van der Waals surface area contributed by atoms with Crippen molar-refractivity contribution in [3.8, 4) is 11.5 Å². The van der Waals surface area contributed by atoms with E-state index in [0.717, 1.165) is 5.56 Å². The molecule has 0 bridgehead atoms. The van der Waals surface area contributed by atoms with Crippen molar-refractivity contribution < 1.29 is 14.0 Å². The Balaban J connectivity index is 1.79. The van der Waals surface area contributed by atoms with E-state index in [1.54, 1.807) is 13.2 Å². The van der Waals surface area contributed by atoms with Crippen molar-refractivity contribution >= 4 is 11.6 Å². The van der Waals surface area contributed by atoms with Gasteiger partial charge in [-0.25, -0.2) is 0 Å². The third kappa shape index (κ3) is 3.65. The topological polar surface area (TPSA) is 69.4 Å². The molecule has 1 aromatic heterocycles. The molecular weight excluding hydrogens is 294 g/mol. The van der Waals surface area contributed by atoms with Gasteiger partial charge in [-0.2, -0.15) is 4.98 Å². The molecule has 0 spiro atoms. The number of aromatic nitrogens is 2. The van der Waals surface area contributed by atoms with E-state index in [1.165, 1.54) is 19.2 Å². The Morgan fingerprint density at radius 2 is 2.29 bits per heavy atom. The van der Waals surface area contributed by atoms with Crippen LogP contribution >= 0.6 is 11.6 Å². The van der Waals surface area contributed by atoms with E-state index in [2.05, 4.69) is 15.5 Å². The monoisotopic (exact) mass is 309 g/mol. The van der Waals surface area contributed by atoms with E-state index < -0.39 is 0 Å². The Hall–Kier alpha value is -1.79. The van der Waals surface area contributed by atoms with Crippen LogP contribution in [0.25, 0.3) is 0 Å². The van der Waals surface area contributed by atoms with Gasteiger partial charge < -0.3 is 19.3 Å². The maximum absolute atomic E-state index is 6.13. The fourth-order valence-corrected chi connectivity index (χ4v) is 2.23. The van der Waals surface area contributed by atoms with Gasteiger partial charge in [-0.1, -0.05) is 16.8 Å². The quantitative estimate of drug-likeness (QED) is 0.847. The fraction of sp³-hybridized carbons (Fsp3) is 0.429. The first-order valence-corrected chi connectivity index (χ1v) is 7.12. The molecule has 0 unspecified atom stereocenters. The van der Waals surface area contributed by atoms with Gasteiger partial charge in [0.1, 0.15) is 0 Å². The highest BCUT2D eigenvalue weighted by Crippen LogP contribution is 2.35. The molecule has 1 fully saturated rings. The lowest BCUT2D eigenvalue weighted by atomic mass is 10.1. The summed E-state index contributed by atoms with van der Waals surface area (Å²) in [5.74, 6) is 1.73. The minimum Gasteiger partial charge on any atom is -0.493 e. The summed E-state index contributed by atoms with van der Waals surface area (Å²) in [4.78, 5) is 3.93. The summed E-state index contributed by atoms with van der Waals surface area (Å²) in [7, 11) is 1.59. The van der Waals surface area contributed by atoms with Crippen LogP contribution in [-0.2, 0) is 13.2 Å². The van der Waals surface area contributed by atoms with Gasteiger partial charge in [-0.05, 0) is 18.9 Å². The number of methoxy groups -OCH3 is 1. The third-order valence-corrected chi connectivity index (χ3v) is 3.45. The highest BCUT2D eigenvalue weighted by atomic mass is 35.5. The molecule has 0 atom stereocenters. The highest BCUT2D eigenvalue weighted by molar-refractivity contribution is 6.30. The maximum Gasteiger partial charge on any atom is 0.213 e. The van der Waals surface area contributed by atoms with Crippen molar-refractivity contribution in [3.63, 3.8) is 0 Å². The largest absolute Gasteiger partial charge is 0.493 e. The zero-order chi connectivity index (χ0) is 14.7. The van der Waals surface area contributed by atoms with Gasteiger partial charge in [0, 0.05) is 29.2 Å². The lowest BCUT2D eigenvalue weighted by Gasteiger charge is -2.15. The normalized spacial score (nSPS) is 14.2. The summed E-state index contributed by atoms with van der Waals surface area (Å²) in [6.45, 7) is 0.897. The summed E-state index contributed by atoms with van der Waals surface area (Å²) in [5.41, 5.74) is 0.953. The van der Waals surface area contributed by atoms with Crippen LogP contribution in [0, 0.1) is 0 Å². The minimum atomic E-state index is 0.213. The number of nitrogens with one attached hydrogen (secondary N) is 1. The summed E-state index contributed by atoms with van der Waals surface area (Å²) < 4.78 is 15.9. The van der Waals surface area contributed by atoms with Gasteiger partial charge in [-0.15, -0.1) is 0 Å². The van der Waals surface area contributed by atoms with Crippen molar-refractivity contribution in [1.29, 1.82) is 0 Å². The van der Waals surface area contributed by atoms with Crippen LogP contribution < -0.4 is 14.8 Å². The lowest BCUT2D eigenvalue weighted by molar-refractivity contribution is 0.266. The molecule has 0 saturated heterocycles. The second kappa shape index (κ2) is 6.32. The first-order chi connectivity index (χ1) is 10.3. The number of ether oxygens (including phenoxy) is 2. The molecule has 7 heteroatoms. The molecule has 1 aromatic carbocycles. The molecule has 6 nitrogen and oxygen atoms in total. The second-order valence-corrected chi connectivity index (χ2v) is 5.32. The minimum absolute atomic E-state index is 0.213. The smallest absolute Gasteiger partial charge is 0.213 e. The Kier molecular flexibility index (Phi) is 4.26. The van der Waals surface area contributed by atoms with Gasteiger partial charge in [0.05, 0.1) is 7.11 Å². The Morgan fingerprint density at radius 1 is 1.43 bits per heavy atom. The van der Waals surface area contributed by atoms with Crippen molar-refractivity contribution in [2.24, 2.45) is 0 Å². The molecule has 3 rings (SSSR count).